The Bertz CT molecular complexity index is 782. The Morgan fingerprint density at radius 1 is 0.880 bits per heavy atom. The van der Waals surface area contributed by atoms with E-state index in [1.54, 1.807) is 12.2 Å². The zero-order valence-electron chi connectivity index (χ0n) is 15.9. The van der Waals surface area contributed by atoms with E-state index in [0.29, 0.717) is 0 Å². The minimum absolute atomic E-state index is 0.0863. The largest absolute Gasteiger partial charge is 0.285 e. The summed E-state index contributed by atoms with van der Waals surface area (Å²) in [5.74, 6) is 0. The highest BCUT2D eigenvalue weighted by atomic mass is 32.2. The molecule has 2 rings (SSSR count). The standard InChI is InChI=1S/C21H30O3S/c1-6-10-20(4)14-13-19(3,7-2)15-17-8-11-21(5,25(22,23)24)12-9-18(17)16-20/h8-9,11-16H,6-7,10H2,1-5H3,(H,22,23,24)/b14-13-,17-15-,18-16?. The lowest BCUT2D eigenvalue weighted by atomic mass is 9.75. The summed E-state index contributed by atoms with van der Waals surface area (Å²) in [5, 5.41) is 0. The van der Waals surface area contributed by atoms with Gasteiger partial charge >= 0.3 is 0 Å². The van der Waals surface area contributed by atoms with Crippen molar-refractivity contribution in [2.45, 2.75) is 58.6 Å². The molecule has 0 bridgehead atoms. The highest BCUT2D eigenvalue weighted by Crippen LogP contribution is 2.40. The molecule has 3 atom stereocenters. The molecular formula is C21H30O3S. The van der Waals surface area contributed by atoms with E-state index in [4.69, 9.17) is 0 Å². The van der Waals surface area contributed by atoms with Gasteiger partial charge in [0, 0.05) is 10.8 Å². The van der Waals surface area contributed by atoms with Gasteiger partial charge in [-0.1, -0.05) is 82.7 Å². The summed E-state index contributed by atoms with van der Waals surface area (Å²) in [7, 11) is -4.23. The minimum atomic E-state index is -4.23. The van der Waals surface area contributed by atoms with Crippen molar-refractivity contribution in [3.05, 3.63) is 59.8 Å². The monoisotopic (exact) mass is 362 g/mol. The van der Waals surface area contributed by atoms with Gasteiger partial charge < -0.3 is 0 Å². The summed E-state index contributed by atoms with van der Waals surface area (Å²) >= 11 is 0. The van der Waals surface area contributed by atoms with Crippen molar-refractivity contribution in [2.75, 3.05) is 0 Å². The van der Waals surface area contributed by atoms with E-state index >= 15 is 0 Å². The molecule has 2 aliphatic rings. The van der Waals surface area contributed by atoms with Crippen molar-refractivity contribution >= 4 is 10.1 Å². The molecule has 0 heterocycles. The molecule has 2 aliphatic carbocycles. The van der Waals surface area contributed by atoms with E-state index in [-0.39, 0.29) is 10.8 Å². The van der Waals surface area contributed by atoms with Gasteiger partial charge in [0.1, 0.15) is 4.75 Å². The van der Waals surface area contributed by atoms with Gasteiger partial charge in [0.15, 0.2) is 0 Å². The maximum Gasteiger partial charge on any atom is 0.277 e. The van der Waals surface area contributed by atoms with E-state index < -0.39 is 14.9 Å². The normalized spacial score (nSPS) is 38.6. The van der Waals surface area contributed by atoms with E-state index in [9.17, 15) is 13.0 Å². The van der Waals surface area contributed by atoms with Crippen LogP contribution in [0.4, 0.5) is 0 Å². The average molecular weight is 363 g/mol. The number of allylic oxidation sites excluding steroid dienone is 8. The van der Waals surface area contributed by atoms with Crippen molar-refractivity contribution in [1.29, 1.82) is 0 Å². The predicted molar refractivity (Wildman–Crippen MR) is 105 cm³/mol. The molecular weight excluding hydrogens is 332 g/mol. The Kier molecular flexibility index (Phi) is 5.36. The Labute approximate surface area is 152 Å². The van der Waals surface area contributed by atoms with Gasteiger partial charge in [-0.05, 0) is 30.9 Å². The number of hydrogen-bond acceptors (Lipinski definition) is 2. The lowest BCUT2D eigenvalue weighted by molar-refractivity contribution is 0.465. The molecule has 0 saturated carbocycles. The predicted octanol–water partition coefficient (Wildman–Crippen LogP) is 5.40. The fraction of sp³-hybridized carbons (Fsp3) is 0.524. The van der Waals surface area contributed by atoms with Crippen molar-refractivity contribution in [3.63, 3.8) is 0 Å². The maximum atomic E-state index is 11.8. The van der Waals surface area contributed by atoms with Gasteiger partial charge in [-0.2, -0.15) is 8.42 Å². The van der Waals surface area contributed by atoms with E-state index in [1.807, 2.05) is 12.2 Å². The SMILES string of the molecule is CCCC1(C)C=C2C=CC(C)(S(=O)(=O)O)C=C/C2=C/C(C)(CC)/C=C\1. The zero-order chi connectivity index (χ0) is 18.9. The molecule has 0 fully saturated rings. The third-order valence-electron chi connectivity index (χ3n) is 5.44. The van der Waals surface area contributed by atoms with Crippen molar-refractivity contribution in [3.8, 4) is 0 Å². The minimum Gasteiger partial charge on any atom is -0.285 e. The molecule has 3 unspecified atom stereocenters. The van der Waals surface area contributed by atoms with Crippen LogP contribution < -0.4 is 0 Å². The van der Waals surface area contributed by atoms with Crippen LogP contribution in [0.2, 0.25) is 0 Å². The van der Waals surface area contributed by atoms with Crippen LogP contribution in [-0.2, 0) is 10.1 Å². The van der Waals surface area contributed by atoms with Crippen molar-refractivity contribution in [2.24, 2.45) is 10.8 Å². The first-order valence-electron chi connectivity index (χ1n) is 8.98. The van der Waals surface area contributed by atoms with Crippen LogP contribution >= 0.6 is 0 Å². The van der Waals surface area contributed by atoms with Crippen LogP contribution in [0.3, 0.4) is 0 Å². The molecule has 0 amide bonds. The van der Waals surface area contributed by atoms with Crippen LogP contribution in [0, 0.1) is 10.8 Å². The van der Waals surface area contributed by atoms with E-state index in [1.165, 1.54) is 6.92 Å². The molecule has 0 aliphatic heterocycles. The quantitative estimate of drug-likeness (QED) is 0.538. The molecule has 138 valence electrons. The second-order valence-electron chi connectivity index (χ2n) is 7.97. The molecule has 4 heteroatoms. The van der Waals surface area contributed by atoms with Crippen LogP contribution in [-0.4, -0.2) is 17.7 Å². The average Bonchev–Trinajstić information content (AvgIpc) is 2.66. The zero-order valence-corrected chi connectivity index (χ0v) is 16.7. The summed E-state index contributed by atoms with van der Waals surface area (Å²) in [6, 6.07) is 0. The topological polar surface area (TPSA) is 54.4 Å². The second kappa shape index (κ2) is 6.73. The molecule has 0 saturated heterocycles. The van der Waals surface area contributed by atoms with Gasteiger partial charge in [0.05, 0.1) is 0 Å². The highest BCUT2D eigenvalue weighted by Gasteiger charge is 2.34. The molecule has 0 radical (unpaired) electrons. The third kappa shape index (κ3) is 4.24. The van der Waals surface area contributed by atoms with Crippen LogP contribution in [0.5, 0.6) is 0 Å². The van der Waals surface area contributed by atoms with E-state index in [0.717, 1.165) is 30.4 Å². The third-order valence-corrected chi connectivity index (χ3v) is 6.83. The Morgan fingerprint density at radius 3 is 1.80 bits per heavy atom. The summed E-state index contributed by atoms with van der Waals surface area (Å²) < 4.78 is 31.9. The number of fused-ring (bicyclic) bond motifs is 1. The van der Waals surface area contributed by atoms with Crippen molar-refractivity contribution in [1.82, 2.24) is 0 Å². The van der Waals surface area contributed by atoms with Gasteiger partial charge in [-0.25, -0.2) is 0 Å². The van der Waals surface area contributed by atoms with Crippen molar-refractivity contribution < 1.29 is 13.0 Å². The summed E-state index contributed by atoms with van der Waals surface area (Å²) in [6.07, 6.45) is 18.8. The molecule has 0 aromatic carbocycles. The molecule has 0 aromatic heterocycles. The van der Waals surface area contributed by atoms with Crippen LogP contribution in [0.25, 0.3) is 0 Å². The Morgan fingerprint density at radius 2 is 1.36 bits per heavy atom. The van der Waals surface area contributed by atoms with Crippen LogP contribution in [0.1, 0.15) is 53.9 Å². The first-order valence-corrected chi connectivity index (χ1v) is 10.4. The maximum absolute atomic E-state index is 11.8. The van der Waals surface area contributed by atoms with Crippen LogP contribution in [0.15, 0.2) is 59.8 Å². The molecule has 25 heavy (non-hydrogen) atoms. The molecule has 3 nitrogen and oxygen atoms in total. The molecule has 1 N–H and O–H groups in total. The lowest BCUT2D eigenvalue weighted by Gasteiger charge is -2.30. The Hall–Kier alpha value is -1.39. The first kappa shape index (κ1) is 19.9. The second-order valence-corrected chi connectivity index (χ2v) is 9.80. The smallest absolute Gasteiger partial charge is 0.277 e. The van der Waals surface area contributed by atoms with E-state index in [2.05, 4.69) is 52.0 Å². The fourth-order valence-electron chi connectivity index (χ4n) is 3.29. The van der Waals surface area contributed by atoms with Gasteiger partial charge in [-0.3, -0.25) is 4.55 Å². The fourth-order valence-corrected chi connectivity index (χ4v) is 3.77. The van der Waals surface area contributed by atoms with Gasteiger partial charge in [-0.15, -0.1) is 0 Å². The number of rotatable bonds is 4. The molecule has 0 aromatic rings. The summed E-state index contributed by atoms with van der Waals surface area (Å²) in [6.45, 7) is 10.2. The highest BCUT2D eigenvalue weighted by molar-refractivity contribution is 7.87. The first-order chi connectivity index (χ1) is 11.5. The molecule has 0 spiro atoms. The van der Waals surface area contributed by atoms with Gasteiger partial charge in [0.25, 0.3) is 10.1 Å². The lowest BCUT2D eigenvalue weighted by Crippen LogP contribution is -2.29. The summed E-state index contributed by atoms with van der Waals surface area (Å²) in [5.41, 5.74) is 1.82. The van der Waals surface area contributed by atoms with Gasteiger partial charge in [0.2, 0.25) is 0 Å². The Balaban J connectivity index is 2.70. The number of hydrogen-bond donors (Lipinski definition) is 1. The summed E-state index contributed by atoms with van der Waals surface area (Å²) in [4.78, 5) is 0.